The molecule has 1 rings (SSSR count). The fourth-order valence-electron chi connectivity index (χ4n) is 1.08. The quantitative estimate of drug-likeness (QED) is 0.614. The van der Waals surface area contributed by atoms with E-state index in [-0.39, 0.29) is 17.2 Å². The topological polar surface area (TPSA) is 57.2 Å². The molecule has 1 aromatic heterocycles. The molecule has 0 amide bonds. The first-order chi connectivity index (χ1) is 6.61. The van der Waals surface area contributed by atoms with Gasteiger partial charge in [-0.15, -0.1) is 0 Å². The zero-order valence-electron chi connectivity index (χ0n) is 7.91. The maximum atomic E-state index is 13.4. The minimum absolute atomic E-state index is 0.0974. The lowest BCUT2D eigenvalue weighted by molar-refractivity contribution is 0.0509. The number of ether oxygens (including phenoxy) is 1. The summed E-state index contributed by atoms with van der Waals surface area (Å²) in [5, 5.41) is 5.22. The SMILES string of the molecule is CCOC(=O)c1c(F)c(SN)cn1C. The van der Waals surface area contributed by atoms with Crippen LogP contribution in [0.4, 0.5) is 4.39 Å². The number of esters is 1. The average Bonchev–Trinajstić information content (AvgIpc) is 2.41. The first-order valence-corrected chi connectivity index (χ1v) is 4.88. The molecule has 4 nitrogen and oxygen atoms in total. The smallest absolute Gasteiger partial charge is 0.358 e. The number of carbonyl (C=O) groups is 1. The second-order valence-electron chi connectivity index (χ2n) is 2.61. The van der Waals surface area contributed by atoms with Crippen LogP contribution < -0.4 is 5.14 Å². The lowest BCUT2D eigenvalue weighted by Gasteiger charge is -2.02. The minimum atomic E-state index is -0.673. The van der Waals surface area contributed by atoms with Gasteiger partial charge in [-0.05, 0) is 18.9 Å². The number of nitrogens with two attached hydrogens (primary N) is 1. The lowest BCUT2D eigenvalue weighted by atomic mass is 10.4. The number of nitrogens with zero attached hydrogens (tertiary/aromatic N) is 1. The van der Waals surface area contributed by atoms with Crippen LogP contribution in [0.15, 0.2) is 11.1 Å². The highest BCUT2D eigenvalue weighted by Gasteiger charge is 2.21. The Hall–Kier alpha value is -1.01. The number of aromatic nitrogens is 1. The Bertz CT molecular complexity index is 351. The Morgan fingerprint density at radius 2 is 2.43 bits per heavy atom. The number of halogens is 1. The summed E-state index contributed by atoms with van der Waals surface area (Å²) >= 11 is 0.762. The molecule has 0 bridgehead atoms. The summed E-state index contributed by atoms with van der Waals surface area (Å²) in [4.78, 5) is 11.5. The van der Waals surface area contributed by atoms with Crippen molar-refractivity contribution in [2.45, 2.75) is 11.8 Å². The van der Waals surface area contributed by atoms with E-state index in [4.69, 9.17) is 9.88 Å². The number of aryl methyl sites for hydroxylation is 1. The molecule has 0 aliphatic heterocycles. The average molecular weight is 218 g/mol. The van der Waals surface area contributed by atoms with Crippen LogP contribution in [-0.2, 0) is 11.8 Å². The fraction of sp³-hybridized carbons (Fsp3) is 0.375. The lowest BCUT2D eigenvalue weighted by Crippen LogP contribution is -2.11. The Balaban J connectivity index is 3.07. The summed E-state index contributed by atoms with van der Waals surface area (Å²) in [6.07, 6.45) is 1.45. The maximum Gasteiger partial charge on any atom is 0.358 e. The first kappa shape index (κ1) is 11.1. The normalized spacial score (nSPS) is 10.3. The molecule has 0 aliphatic carbocycles. The fourth-order valence-corrected chi connectivity index (χ4v) is 1.50. The van der Waals surface area contributed by atoms with Gasteiger partial charge < -0.3 is 9.30 Å². The van der Waals surface area contributed by atoms with Crippen LogP contribution >= 0.6 is 11.9 Å². The first-order valence-electron chi connectivity index (χ1n) is 4.00. The molecule has 1 heterocycles. The van der Waals surface area contributed by atoms with Crippen LogP contribution in [0.5, 0.6) is 0 Å². The third-order valence-electron chi connectivity index (χ3n) is 1.68. The number of hydrogen-bond acceptors (Lipinski definition) is 4. The molecule has 0 spiro atoms. The van der Waals surface area contributed by atoms with E-state index in [0.29, 0.717) is 0 Å². The Morgan fingerprint density at radius 3 is 2.86 bits per heavy atom. The van der Waals surface area contributed by atoms with Crippen molar-refractivity contribution in [3.63, 3.8) is 0 Å². The van der Waals surface area contributed by atoms with Crippen molar-refractivity contribution >= 4 is 17.9 Å². The van der Waals surface area contributed by atoms with Crippen LogP contribution in [0, 0.1) is 5.82 Å². The van der Waals surface area contributed by atoms with Crippen molar-refractivity contribution in [3.05, 3.63) is 17.7 Å². The molecule has 0 saturated heterocycles. The van der Waals surface area contributed by atoms with Gasteiger partial charge in [0.15, 0.2) is 11.5 Å². The van der Waals surface area contributed by atoms with E-state index in [0.717, 1.165) is 11.9 Å². The van der Waals surface area contributed by atoms with Crippen molar-refractivity contribution < 1.29 is 13.9 Å². The summed E-state index contributed by atoms with van der Waals surface area (Å²) in [6, 6.07) is 0. The third kappa shape index (κ3) is 1.91. The van der Waals surface area contributed by atoms with Crippen molar-refractivity contribution in [1.29, 1.82) is 0 Å². The van der Waals surface area contributed by atoms with Gasteiger partial charge in [-0.1, -0.05) is 0 Å². The molecule has 0 fully saturated rings. The van der Waals surface area contributed by atoms with Gasteiger partial charge in [0.25, 0.3) is 0 Å². The van der Waals surface area contributed by atoms with Crippen LogP contribution in [0.25, 0.3) is 0 Å². The number of rotatable bonds is 3. The van der Waals surface area contributed by atoms with Gasteiger partial charge in [0.1, 0.15) is 0 Å². The van der Waals surface area contributed by atoms with Gasteiger partial charge in [-0.25, -0.2) is 9.18 Å². The zero-order valence-corrected chi connectivity index (χ0v) is 8.73. The largest absolute Gasteiger partial charge is 0.461 e. The van der Waals surface area contributed by atoms with E-state index in [1.165, 1.54) is 10.8 Å². The van der Waals surface area contributed by atoms with E-state index in [1.807, 2.05) is 0 Å². The molecule has 0 saturated carbocycles. The molecule has 6 heteroatoms. The standard InChI is InChI=1S/C8H11FN2O2S/c1-3-13-8(12)7-6(9)5(14-10)4-11(7)2/h4H,3,10H2,1-2H3. The summed E-state index contributed by atoms with van der Waals surface area (Å²) in [7, 11) is 1.56. The highest BCUT2D eigenvalue weighted by molar-refractivity contribution is 7.97. The predicted octanol–water partition coefficient (Wildman–Crippen LogP) is 1.31. The van der Waals surface area contributed by atoms with Crippen molar-refractivity contribution in [1.82, 2.24) is 4.57 Å². The predicted molar refractivity (Wildman–Crippen MR) is 51.4 cm³/mol. The molecule has 14 heavy (non-hydrogen) atoms. The van der Waals surface area contributed by atoms with E-state index >= 15 is 0 Å². The Morgan fingerprint density at radius 1 is 1.79 bits per heavy atom. The number of carbonyl (C=O) groups excluding carboxylic acids is 1. The van der Waals surface area contributed by atoms with E-state index in [2.05, 4.69) is 0 Å². The van der Waals surface area contributed by atoms with Crippen molar-refractivity contribution in [2.75, 3.05) is 6.61 Å². The minimum Gasteiger partial charge on any atom is -0.461 e. The molecule has 0 unspecified atom stereocenters. The van der Waals surface area contributed by atoms with Gasteiger partial charge >= 0.3 is 5.97 Å². The highest BCUT2D eigenvalue weighted by Crippen LogP contribution is 2.22. The Labute approximate surface area is 85.3 Å². The van der Waals surface area contributed by atoms with E-state index < -0.39 is 11.8 Å². The van der Waals surface area contributed by atoms with Crippen LogP contribution in [0.3, 0.4) is 0 Å². The molecule has 2 N–H and O–H groups in total. The molecule has 0 atom stereocenters. The molecule has 78 valence electrons. The van der Waals surface area contributed by atoms with Gasteiger partial charge in [0, 0.05) is 13.2 Å². The van der Waals surface area contributed by atoms with Crippen LogP contribution in [-0.4, -0.2) is 17.1 Å². The summed E-state index contributed by atoms with van der Waals surface area (Å²) in [6.45, 7) is 1.88. The molecular weight excluding hydrogens is 207 g/mol. The van der Waals surface area contributed by atoms with Gasteiger partial charge in [-0.2, -0.15) is 0 Å². The van der Waals surface area contributed by atoms with Crippen LogP contribution in [0.2, 0.25) is 0 Å². The van der Waals surface area contributed by atoms with Crippen molar-refractivity contribution in [3.8, 4) is 0 Å². The number of hydrogen-bond donors (Lipinski definition) is 1. The van der Waals surface area contributed by atoms with E-state index in [9.17, 15) is 9.18 Å². The Kier molecular flexibility index (Phi) is 3.54. The molecular formula is C8H11FN2O2S. The molecule has 1 aromatic rings. The summed E-state index contributed by atoms with van der Waals surface area (Å²) in [5.41, 5.74) is -0.0974. The molecule has 0 radical (unpaired) electrons. The highest BCUT2D eigenvalue weighted by atomic mass is 32.2. The van der Waals surface area contributed by atoms with Gasteiger partial charge in [0.05, 0.1) is 11.5 Å². The third-order valence-corrected chi connectivity index (χ3v) is 2.22. The van der Waals surface area contributed by atoms with Gasteiger partial charge in [0.2, 0.25) is 0 Å². The van der Waals surface area contributed by atoms with Crippen molar-refractivity contribution in [2.24, 2.45) is 12.2 Å². The maximum absolute atomic E-state index is 13.4. The zero-order chi connectivity index (χ0) is 10.7. The second-order valence-corrected chi connectivity index (χ2v) is 3.28. The summed E-state index contributed by atoms with van der Waals surface area (Å²) < 4.78 is 19.5. The van der Waals surface area contributed by atoms with Gasteiger partial charge in [-0.3, -0.25) is 5.14 Å². The summed E-state index contributed by atoms with van der Waals surface area (Å²) in [5.74, 6) is -1.30. The molecule has 0 aromatic carbocycles. The monoisotopic (exact) mass is 218 g/mol. The molecule has 0 aliphatic rings. The van der Waals surface area contributed by atoms with Crippen LogP contribution in [0.1, 0.15) is 17.4 Å². The van der Waals surface area contributed by atoms with E-state index in [1.54, 1.807) is 14.0 Å². The second kappa shape index (κ2) is 4.47.